The van der Waals surface area contributed by atoms with E-state index in [0.29, 0.717) is 18.2 Å². The van der Waals surface area contributed by atoms with Crippen molar-refractivity contribution < 1.29 is 4.39 Å². The summed E-state index contributed by atoms with van der Waals surface area (Å²) >= 11 is 2.04. The lowest BCUT2D eigenvalue weighted by molar-refractivity contribution is 0.403. The van der Waals surface area contributed by atoms with Gasteiger partial charge in [-0.1, -0.05) is 6.92 Å². The largest absolute Gasteiger partial charge is 0.356 e. The van der Waals surface area contributed by atoms with Crippen molar-refractivity contribution in [2.24, 2.45) is 4.99 Å². The zero-order chi connectivity index (χ0) is 11.8. The Morgan fingerprint density at radius 1 is 1.62 bits per heavy atom. The summed E-state index contributed by atoms with van der Waals surface area (Å²) < 4.78 is 12.0. The van der Waals surface area contributed by atoms with E-state index in [1.54, 1.807) is 7.05 Å². The number of hydrogen-bond donors (Lipinski definition) is 1. The lowest BCUT2D eigenvalue weighted by Gasteiger charge is -2.34. The van der Waals surface area contributed by atoms with Gasteiger partial charge in [-0.2, -0.15) is 11.8 Å². The first kappa shape index (κ1) is 13.6. The second kappa shape index (κ2) is 7.76. The van der Waals surface area contributed by atoms with Gasteiger partial charge in [-0.05, 0) is 12.8 Å². The van der Waals surface area contributed by atoms with Crippen LogP contribution in [-0.2, 0) is 0 Å². The minimum atomic E-state index is -0.266. The summed E-state index contributed by atoms with van der Waals surface area (Å²) in [6.45, 7) is 4.72. The Balaban J connectivity index is 2.39. The van der Waals surface area contributed by atoms with Crippen LogP contribution in [-0.4, -0.2) is 55.2 Å². The molecule has 1 fully saturated rings. The van der Waals surface area contributed by atoms with Crippen LogP contribution in [0, 0.1) is 0 Å². The summed E-state index contributed by atoms with van der Waals surface area (Å²) in [4.78, 5) is 6.53. The Kier molecular flexibility index (Phi) is 6.61. The molecule has 1 atom stereocenters. The summed E-state index contributed by atoms with van der Waals surface area (Å²) in [5, 5.41) is 3.91. The van der Waals surface area contributed by atoms with Gasteiger partial charge >= 0.3 is 0 Å². The molecule has 3 nitrogen and oxygen atoms in total. The smallest absolute Gasteiger partial charge is 0.193 e. The summed E-state index contributed by atoms with van der Waals surface area (Å²) in [7, 11) is 1.79. The van der Waals surface area contributed by atoms with E-state index < -0.39 is 0 Å². The quantitative estimate of drug-likeness (QED) is 0.466. The molecule has 0 radical (unpaired) electrons. The highest BCUT2D eigenvalue weighted by molar-refractivity contribution is 8.00. The number of thioether (sulfide) groups is 1. The Labute approximate surface area is 102 Å². The highest BCUT2D eigenvalue weighted by Crippen LogP contribution is 2.20. The van der Waals surface area contributed by atoms with Crippen molar-refractivity contribution in [2.75, 3.05) is 39.1 Å². The van der Waals surface area contributed by atoms with Crippen LogP contribution in [0.4, 0.5) is 4.39 Å². The molecule has 0 aromatic heterocycles. The second-order valence-corrected chi connectivity index (χ2v) is 5.27. The summed E-state index contributed by atoms with van der Waals surface area (Å²) in [5.74, 6) is 2.08. The summed E-state index contributed by atoms with van der Waals surface area (Å²) in [5.41, 5.74) is 0. The van der Waals surface area contributed by atoms with Gasteiger partial charge in [-0.3, -0.25) is 9.38 Å². The third-order valence-electron chi connectivity index (χ3n) is 2.70. The molecular formula is C11H22FN3S. The van der Waals surface area contributed by atoms with Crippen LogP contribution in [0.3, 0.4) is 0 Å². The van der Waals surface area contributed by atoms with Gasteiger partial charge in [0.2, 0.25) is 0 Å². The van der Waals surface area contributed by atoms with Crippen molar-refractivity contribution in [1.29, 1.82) is 0 Å². The van der Waals surface area contributed by atoms with E-state index in [0.717, 1.165) is 24.8 Å². The minimum Gasteiger partial charge on any atom is -0.356 e. The van der Waals surface area contributed by atoms with E-state index in [2.05, 4.69) is 22.1 Å². The Bertz CT molecular complexity index is 223. The van der Waals surface area contributed by atoms with Gasteiger partial charge < -0.3 is 10.2 Å². The van der Waals surface area contributed by atoms with Gasteiger partial charge in [0.25, 0.3) is 0 Å². The zero-order valence-corrected chi connectivity index (χ0v) is 11.0. The monoisotopic (exact) mass is 247 g/mol. The van der Waals surface area contributed by atoms with Crippen LogP contribution in [0.2, 0.25) is 0 Å². The highest BCUT2D eigenvalue weighted by Gasteiger charge is 2.20. The van der Waals surface area contributed by atoms with Crippen molar-refractivity contribution in [3.63, 3.8) is 0 Å². The topological polar surface area (TPSA) is 27.6 Å². The van der Waals surface area contributed by atoms with Gasteiger partial charge in [0.15, 0.2) is 5.96 Å². The maximum Gasteiger partial charge on any atom is 0.193 e. The standard InChI is InChI=1S/C11H22FN3S/c1-3-10-9-15(7-8-16-10)11(13-2)14-6-4-5-12/h10H,3-9H2,1-2H3,(H,13,14). The molecule has 16 heavy (non-hydrogen) atoms. The second-order valence-electron chi connectivity index (χ2n) is 3.86. The van der Waals surface area contributed by atoms with E-state index in [9.17, 15) is 4.39 Å². The predicted octanol–water partition coefficient (Wildman–Crippen LogP) is 1.75. The molecule has 0 spiro atoms. The van der Waals surface area contributed by atoms with Crippen LogP contribution < -0.4 is 5.32 Å². The Morgan fingerprint density at radius 3 is 3.06 bits per heavy atom. The van der Waals surface area contributed by atoms with Gasteiger partial charge in [-0.15, -0.1) is 0 Å². The molecule has 1 aliphatic heterocycles. The number of guanidine groups is 1. The molecule has 0 amide bonds. The fraction of sp³-hybridized carbons (Fsp3) is 0.909. The molecule has 1 saturated heterocycles. The molecule has 0 aliphatic carbocycles. The van der Waals surface area contributed by atoms with Crippen molar-refractivity contribution in [3.05, 3.63) is 0 Å². The van der Waals surface area contributed by atoms with Crippen LogP contribution in [0.5, 0.6) is 0 Å². The van der Waals surface area contributed by atoms with Crippen LogP contribution in [0.15, 0.2) is 4.99 Å². The lowest BCUT2D eigenvalue weighted by Crippen LogP contribution is -2.48. The van der Waals surface area contributed by atoms with Crippen LogP contribution in [0.25, 0.3) is 0 Å². The molecule has 5 heteroatoms. The molecule has 1 rings (SSSR count). The number of rotatable bonds is 4. The van der Waals surface area contributed by atoms with Gasteiger partial charge in [0, 0.05) is 37.7 Å². The van der Waals surface area contributed by atoms with Crippen molar-refractivity contribution in [1.82, 2.24) is 10.2 Å². The summed E-state index contributed by atoms with van der Waals surface area (Å²) in [6.07, 6.45) is 1.75. The fourth-order valence-electron chi connectivity index (χ4n) is 1.76. The van der Waals surface area contributed by atoms with E-state index in [-0.39, 0.29) is 6.67 Å². The van der Waals surface area contributed by atoms with Gasteiger partial charge in [0.05, 0.1) is 6.67 Å². The first-order valence-corrected chi connectivity index (χ1v) is 6.99. The van der Waals surface area contributed by atoms with Gasteiger partial charge in [-0.25, -0.2) is 0 Å². The normalized spacial score (nSPS) is 22.3. The summed E-state index contributed by atoms with van der Waals surface area (Å²) in [6, 6.07) is 0. The van der Waals surface area contributed by atoms with Crippen LogP contribution in [0.1, 0.15) is 19.8 Å². The van der Waals surface area contributed by atoms with E-state index in [1.165, 1.54) is 6.42 Å². The molecule has 0 aromatic rings. The fourth-order valence-corrected chi connectivity index (χ4v) is 2.94. The van der Waals surface area contributed by atoms with E-state index in [4.69, 9.17) is 0 Å². The van der Waals surface area contributed by atoms with Gasteiger partial charge in [0.1, 0.15) is 0 Å². The maximum atomic E-state index is 12.0. The molecular weight excluding hydrogens is 225 g/mol. The molecule has 94 valence electrons. The van der Waals surface area contributed by atoms with E-state index >= 15 is 0 Å². The average Bonchev–Trinajstić information content (AvgIpc) is 2.35. The van der Waals surface area contributed by atoms with Crippen molar-refractivity contribution >= 4 is 17.7 Å². The molecule has 0 bridgehead atoms. The predicted molar refractivity (Wildman–Crippen MR) is 70.1 cm³/mol. The number of alkyl halides is 1. The first-order chi connectivity index (χ1) is 7.81. The number of hydrogen-bond acceptors (Lipinski definition) is 2. The third-order valence-corrected chi connectivity index (χ3v) is 4.07. The molecule has 1 aliphatic rings. The SMILES string of the molecule is CCC1CN(C(=NC)NCCCF)CCS1. The van der Waals surface area contributed by atoms with Crippen molar-refractivity contribution in [3.8, 4) is 0 Å². The first-order valence-electron chi connectivity index (χ1n) is 5.95. The number of nitrogens with zero attached hydrogens (tertiary/aromatic N) is 2. The molecule has 1 unspecified atom stereocenters. The number of nitrogens with one attached hydrogen (secondary N) is 1. The average molecular weight is 247 g/mol. The Morgan fingerprint density at radius 2 is 2.44 bits per heavy atom. The Hall–Kier alpha value is -0.450. The lowest BCUT2D eigenvalue weighted by atomic mass is 10.3. The van der Waals surface area contributed by atoms with Crippen LogP contribution >= 0.6 is 11.8 Å². The third kappa shape index (κ3) is 4.20. The zero-order valence-electron chi connectivity index (χ0n) is 10.2. The number of aliphatic imine (C=N–C) groups is 1. The molecule has 1 heterocycles. The minimum absolute atomic E-state index is 0.266. The van der Waals surface area contributed by atoms with Crippen molar-refractivity contribution in [2.45, 2.75) is 25.0 Å². The molecule has 0 aromatic carbocycles. The molecule has 1 N–H and O–H groups in total. The maximum absolute atomic E-state index is 12.0. The highest BCUT2D eigenvalue weighted by atomic mass is 32.2. The molecule has 0 saturated carbocycles. The number of halogens is 1. The van der Waals surface area contributed by atoms with E-state index in [1.807, 2.05) is 11.8 Å².